The molecule has 4 N–H and O–H groups in total. The maximum atomic E-state index is 12.3. The Morgan fingerprint density at radius 2 is 2.12 bits per heavy atom. The summed E-state index contributed by atoms with van der Waals surface area (Å²) >= 11 is 5.67. The van der Waals surface area contributed by atoms with Crippen molar-refractivity contribution in [1.82, 2.24) is 20.1 Å². The zero-order valence-corrected chi connectivity index (χ0v) is 15.2. The number of ether oxygens (including phenoxy) is 1. The van der Waals surface area contributed by atoms with Crippen LogP contribution >= 0.6 is 11.6 Å². The predicted octanol–water partition coefficient (Wildman–Crippen LogP) is 1.53. The van der Waals surface area contributed by atoms with E-state index in [1.165, 1.54) is 4.90 Å². The van der Waals surface area contributed by atoms with Crippen molar-refractivity contribution >= 4 is 29.5 Å². The summed E-state index contributed by atoms with van der Waals surface area (Å²) in [4.78, 5) is 17.8. The third kappa shape index (κ3) is 6.32. The van der Waals surface area contributed by atoms with Gasteiger partial charge in [-0.3, -0.25) is 0 Å². The van der Waals surface area contributed by atoms with Crippen LogP contribution < -0.4 is 11.1 Å². The van der Waals surface area contributed by atoms with Crippen molar-refractivity contribution in [2.24, 2.45) is 0 Å². The SMILES string of the molecule is CCCN(C(=O)OC(C)(C)C)[C@@H](CO)CNc1nnc(Cl)c(N)n1. The van der Waals surface area contributed by atoms with Crippen LogP contribution in [0.3, 0.4) is 0 Å². The van der Waals surface area contributed by atoms with Crippen LogP contribution in [0.4, 0.5) is 16.6 Å². The summed E-state index contributed by atoms with van der Waals surface area (Å²) < 4.78 is 5.39. The first-order chi connectivity index (χ1) is 11.2. The largest absolute Gasteiger partial charge is 0.444 e. The number of anilines is 2. The quantitative estimate of drug-likeness (QED) is 0.668. The Hall–Kier alpha value is -1.87. The van der Waals surface area contributed by atoms with E-state index in [0.29, 0.717) is 6.54 Å². The van der Waals surface area contributed by atoms with E-state index in [-0.39, 0.29) is 30.1 Å². The highest BCUT2D eigenvalue weighted by molar-refractivity contribution is 6.31. The number of aliphatic hydroxyl groups is 1. The monoisotopic (exact) mass is 360 g/mol. The fraction of sp³-hybridized carbons (Fsp3) is 0.714. The number of nitrogens with zero attached hydrogens (tertiary/aromatic N) is 4. The van der Waals surface area contributed by atoms with Gasteiger partial charge in [0.15, 0.2) is 11.0 Å². The summed E-state index contributed by atoms with van der Waals surface area (Å²) in [6.45, 7) is 7.71. The molecule has 9 nitrogen and oxygen atoms in total. The lowest BCUT2D eigenvalue weighted by atomic mass is 10.2. The minimum atomic E-state index is -0.617. The first-order valence-corrected chi connectivity index (χ1v) is 8.05. The van der Waals surface area contributed by atoms with Gasteiger partial charge in [0.05, 0.1) is 12.6 Å². The van der Waals surface area contributed by atoms with Crippen molar-refractivity contribution in [3.8, 4) is 0 Å². The third-order valence-corrected chi connectivity index (χ3v) is 3.18. The van der Waals surface area contributed by atoms with Crippen LogP contribution in [0.15, 0.2) is 0 Å². The van der Waals surface area contributed by atoms with Crippen molar-refractivity contribution in [3.63, 3.8) is 0 Å². The minimum absolute atomic E-state index is 0.0145. The standard InChI is InChI=1S/C14H25ClN6O3/c1-5-6-21(13(23)24-14(2,3)4)9(8-22)7-17-12-18-11(16)10(15)19-20-12/h9,22H,5-8H2,1-4H3,(H3,16,17,18,20)/t9-/m1/s1. The average Bonchev–Trinajstić information content (AvgIpc) is 2.48. The number of halogens is 1. The van der Waals surface area contributed by atoms with Gasteiger partial charge in [-0.25, -0.2) is 4.79 Å². The van der Waals surface area contributed by atoms with Crippen LogP contribution in [0.1, 0.15) is 34.1 Å². The van der Waals surface area contributed by atoms with Gasteiger partial charge >= 0.3 is 6.09 Å². The molecule has 0 aromatic carbocycles. The van der Waals surface area contributed by atoms with Crippen molar-refractivity contribution in [1.29, 1.82) is 0 Å². The Bertz CT molecular complexity index is 552. The summed E-state index contributed by atoms with van der Waals surface area (Å²) in [5, 5.41) is 20.0. The van der Waals surface area contributed by atoms with Gasteiger partial charge in [-0.1, -0.05) is 18.5 Å². The van der Waals surface area contributed by atoms with Gasteiger partial charge < -0.3 is 25.8 Å². The smallest absolute Gasteiger partial charge is 0.410 e. The van der Waals surface area contributed by atoms with E-state index in [9.17, 15) is 9.90 Å². The average molecular weight is 361 g/mol. The van der Waals surface area contributed by atoms with Gasteiger partial charge in [0, 0.05) is 13.1 Å². The van der Waals surface area contributed by atoms with E-state index in [1.807, 2.05) is 6.92 Å². The zero-order chi connectivity index (χ0) is 18.3. The lowest BCUT2D eigenvalue weighted by Crippen LogP contribution is -2.48. The minimum Gasteiger partial charge on any atom is -0.444 e. The number of aromatic nitrogens is 3. The molecule has 24 heavy (non-hydrogen) atoms. The molecular formula is C14H25ClN6O3. The molecule has 0 aliphatic heterocycles. The molecule has 0 aliphatic rings. The van der Waals surface area contributed by atoms with Gasteiger partial charge in [-0.2, -0.15) is 4.98 Å². The van der Waals surface area contributed by atoms with Crippen LogP contribution in [0.25, 0.3) is 0 Å². The summed E-state index contributed by atoms with van der Waals surface area (Å²) in [7, 11) is 0. The highest BCUT2D eigenvalue weighted by Crippen LogP contribution is 2.14. The molecule has 0 bridgehead atoms. The molecule has 1 aromatic rings. The normalized spacial score (nSPS) is 12.6. The van der Waals surface area contributed by atoms with Crippen molar-refractivity contribution in [2.75, 3.05) is 30.7 Å². The molecule has 0 saturated carbocycles. The number of amides is 1. The number of nitrogens with one attached hydrogen (secondary N) is 1. The molecule has 0 fully saturated rings. The molecule has 136 valence electrons. The second-order valence-electron chi connectivity index (χ2n) is 6.20. The number of hydrogen-bond donors (Lipinski definition) is 3. The fourth-order valence-electron chi connectivity index (χ4n) is 1.87. The molecule has 1 atom stereocenters. The number of carbonyl (C=O) groups is 1. The Morgan fingerprint density at radius 3 is 2.62 bits per heavy atom. The van der Waals surface area contributed by atoms with Gasteiger partial charge in [0.2, 0.25) is 5.95 Å². The van der Waals surface area contributed by atoms with E-state index in [4.69, 9.17) is 22.1 Å². The Labute approximate surface area is 146 Å². The first kappa shape index (κ1) is 20.2. The lowest BCUT2D eigenvalue weighted by Gasteiger charge is -2.32. The summed E-state index contributed by atoms with van der Waals surface area (Å²) in [5.74, 6) is 0.211. The number of hydrogen-bond acceptors (Lipinski definition) is 8. The number of nitrogen functional groups attached to an aromatic ring is 1. The van der Waals surface area contributed by atoms with Crippen molar-refractivity contribution in [2.45, 2.75) is 45.8 Å². The molecule has 10 heteroatoms. The number of aliphatic hydroxyl groups excluding tert-OH is 1. The van der Waals surface area contributed by atoms with Crippen LogP contribution in [0.2, 0.25) is 5.15 Å². The molecule has 1 rings (SSSR count). The van der Waals surface area contributed by atoms with Crippen LogP contribution in [-0.2, 0) is 4.74 Å². The molecule has 0 unspecified atom stereocenters. The zero-order valence-electron chi connectivity index (χ0n) is 14.4. The molecule has 0 saturated heterocycles. The van der Waals surface area contributed by atoms with E-state index in [0.717, 1.165) is 6.42 Å². The maximum absolute atomic E-state index is 12.3. The highest BCUT2D eigenvalue weighted by Gasteiger charge is 2.27. The van der Waals surface area contributed by atoms with E-state index < -0.39 is 17.7 Å². The van der Waals surface area contributed by atoms with Crippen LogP contribution in [-0.4, -0.2) is 62.6 Å². The second-order valence-corrected chi connectivity index (χ2v) is 6.56. The molecule has 0 spiro atoms. The fourth-order valence-corrected chi connectivity index (χ4v) is 1.95. The molecular weight excluding hydrogens is 336 g/mol. The summed E-state index contributed by atoms with van der Waals surface area (Å²) in [6.07, 6.45) is 0.238. The van der Waals surface area contributed by atoms with E-state index in [1.54, 1.807) is 20.8 Å². The third-order valence-electron chi connectivity index (χ3n) is 2.91. The van der Waals surface area contributed by atoms with Gasteiger partial charge in [-0.05, 0) is 27.2 Å². The molecule has 0 aliphatic carbocycles. The van der Waals surface area contributed by atoms with E-state index >= 15 is 0 Å². The highest BCUT2D eigenvalue weighted by atomic mass is 35.5. The Morgan fingerprint density at radius 1 is 1.46 bits per heavy atom. The Kier molecular flexibility index (Phi) is 7.43. The predicted molar refractivity (Wildman–Crippen MR) is 91.8 cm³/mol. The molecule has 1 amide bonds. The Balaban J connectivity index is 2.78. The topological polar surface area (TPSA) is 126 Å². The molecule has 1 heterocycles. The van der Waals surface area contributed by atoms with Gasteiger partial charge in [-0.15, -0.1) is 10.2 Å². The van der Waals surface area contributed by atoms with Crippen molar-refractivity contribution in [3.05, 3.63) is 5.15 Å². The number of nitrogens with two attached hydrogens (primary N) is 1. The van der Waals surface area contributed by atoms with Gasteiger partial charge in [0.1, 0.15) is 5.60 Å². The first-order valence-electron chi connectivity index (χ1n) is 7.68. The van der Waals surface area contributed by atoms with Gasteiger partial charge in [0.25, 0.3) is 0 Å². The number of carbonyl (C=O) groups excluding carboxylic acids is 1. The lowest BCUT2D eigenvalue weighted by molar-refractivity contribution is 0.0109. The summed E-state index contributed by atoms with van der Waals surface area (Å²) in [5.41, 5.74) is 4.95. The summed E-state index contributed by atoms with van der Waals surface area (Å²) in [6, 6.07) is -0.514. The maximum Gasteiger partial charge on any atom is 0.410 e. The van der Waals surface area contributed by atoms with Crippen molar-refractivity contribution < 1.29 is 14.6 Å². The van der Waals surface area contributed by atoms with Crippen LogP contribution in [0.5, 0.6) is 0 Å². The van der Waals surface area contributed by atoms with E-state index in [2.05, 4.69) is 20.5 Å². The number of rotatable bonds is 7. The molecule has 1 aromatic heterocycles. The second kappa shape index (κ2) is 8.84. The molecule has 0 radical (unpaired) electrons. The van der Waals surface area contributed by atoms with Crippen LogP contribution in [0, 0.1) is 0 Å².